The Morgan fingerprint density at radius 2 is 0.983 bits per heavy atom. The van der Waals surface area contributed by atoms with Gasteiger partial charge in [-0.1, -0.05) is 103 Å². The Morgan fingerprint density at radius 3 is 1.78 bits per heavy atom. The fourth-order valence-electron chi connectivity index (χ4n) is 8.79. The molecule has 58 heavy (non-hydrogen) atoms. The molecule has 270 valence electrons. The molecule has 0 unspecified atom stereocenters. The van der Waals surface area contributed by atoms with E-state index in [-0.39, 0.29) is 0 Å². The van der Waals surface area contributed by atoms with E-state index >= 15 is 0 Å². The Labute approximate surface area is 333 Å². The number of hydrogen-bond acceptors (Lipinski definition) is 4. The van der Waals surface area contributed by atoms with Gasteiger partial charge in [-0.15, -0.1) is 0 Å². The minimum atomic E-state index is 0.566. The van der Waals surface area contributed by atoms with Crippen LogP contribution in [0.5, 0.6) is 0 Å². The maximum atomic E-state index is 5.15. The largest absolute Gasteiger partial charge is 0.309 e. The van der Waals surface area contributed by atoms with Crippen molar-refractivity contribution >= 4 is 54.4 Å². The second-order valence-electron chi connectivity index (χ2n) is 14.7. The summed E-state index contributed by atoms with van der Waals surface area (Å²) < 4.78 is 4.61. The van der Waals surface area contributed by atoms with Crippen molar-refractivity contribution < 1.29 is 0 Å². The number of fused-ring (bicyclic) bond motifs is 3. The maximum Gasteiger partial charge on any atom is 0.235 e. The Kier molecular flexibility index (Phi) is 7.13. The lowest BCUT2D eigenvalue weighted by molar-refractivity contribution is 0.988. The standard InChI is InChI=1S/C52H32N6/c1-2-12-33(13-3-1)35-15-10-16-39(29-35)57-48-21-11-14-34-22-23-37-28-38(31-49(57)51(37)50(34)48)36-24-25-47-41(30-36)40-17-4-5-20-46(40)58(47)52-55-44(42-18-6-8-26-53-42)32-45(56-52)43-19-7-9-27-54-43/h1-32H. The van der Waals surface area contributed by atoms with E-state index in [0.717, 1.165) is 61.4 Å². The third-order valence-corrected chi connectivity index (χ3v) is 11.4. The van der Waals surface area contributed by atoms with Crippen LogP contribution in [0.25, 0.3) is 111 Å². The molecule has 12 aromatic rings. The number of nitrogens with zero attached hydrogens (tertiary/aromatic N) is 6. The zero-order valence-corrected chi connectivity index (χ0v) is 31.2. The summed E-state index contributed by atoms with van der Waals surface area (Å²) in [6, 6.07) is 64.4. The van der Waals surface area contributed by atoms with Crippen LogP contribution in [0.3, 0.4) is 0 Å². The lowest BCUT2D eigenvalue weighted by Crippen LogP contribution is -2.04. The van der Waals surface area contributed by atoms with E-state index in [2.05, 4.69) is 159 Å². The summed E-state index contributed by atoms with van der Waals surface area (Å²) in [6.45, 7) is 0. The fraction of sp³-hybridized carbons (Fsp3) is 0. The van der Waals surface area contributed by atoms with Gasteiger partial charge in [0.1, 0.15) is 0 Å². The highest BCUT2D eigenvalue weighted by Gasteiger charge is 2.21. The highest BCUT2D eigenvalue weighted by Crippen LogP contribution is 2.43. The summed E-state index contributed by atoms with van der Waals surface area (Å²) in [7, 11) is 0. The van der Waals surface area contributed by atoms with Crippen LogP contribution in [0, 0.1) is 0 Å². The molecule has 5 heterocycles. The van der Waals surface area contributed by atoms with Crippen LogP contribution in [-0.4, -0.2) is 29.1 Å². The second-order valence-corrected chi connectivity index (χ2v) is 14.7. The van der Waals surface area contributed by atoms with Crippen molar-refractivity contribution in [3.63, 3.8) is 0 Å². The highest BCUT2D eigenvalue weighted by atomic mass is 15.2. The van der Waals surface area contributed by atoms with Crippen LogP contribution in [0.1, 0.15) is 0 Å². The smallest absolute Gasteiger partial charge is 0.235 e. The molecule has 7 aromatic carbocycles. The SMILES string of the molecule is c1ccc(-c2cccc(-n3c4cccc5ccc6cc(-c7ccc8c(c7)c7ccccc7n8-c7nc(-c8ccccn8)cc(-c8ccccn8)n7)cc3c6c54)c2)cc1. The summed E-state index contributed by atoms with van der Waals surface area (Å²) in [5.41, 5.74) is 13.3. The first-order valence-electron chi connectivity index (χ1n) is 19.5. The minimum absolute atomic E-state index is 0.566. The number of pyridine rings is 2. The van der Waals surface area contributed by atoms with E-state index in [9.17, 15) is 0 Å². The summed E-state index contributed by atoms with van der Waals surface area (Å²) in [4.78, 5) is 19.6. The van der Waals surface area contributed by atoms with Gasteiger partial charge in [0.2, 0.25) is 5.95 Å². The lowest BCUT2D eigenvalue weighted by atomic mass is 9.96. The lowest BCUT2D eigenvalue weighted by Gasteiger charge is -2.12. The molecule has 6 nitrogen and oxygen atoms in total. The Hall–Kier alpha value is -7.96. The van der Waals surface area contributed by atoms with Crippen molar-refractivity contribution in [1.82, 2.24) is 29.1 Å². The molecule has 0 N–H and O–H groups in total. The van der Waals surface area contributed by atoms with Gasteiger partial charge in [0.05, 0.1) is 44.8 Å². The summed E-state index contributed by atoms with van der Waals surface area (Å²) >= 11 is 0. The van der Waals surface area contributed by atoms with Gasteiger partial charge < -0.3 is 4.57 Å². The first kappa shape index (κ1) is 32.3. The number of aromatic nitrogens is 6. The Bertz CT molecular complexity index is 3440. The van der Waals surface area contributed by atoms with Gasteiger partial charge in [-0.05, 0) is 112 Å². The van der Waals surface area contributed by atoms with E-state index in [1.54, 1.807) is 12.4 Å². The zero-order valence-electron chi connectivity index (χ0n) is 31.2. The third-order valence-electron chi connectivity index (χ3n) is 11.4. The molecular weight excluding hydrogens is 709 g/mol. The van der Waals surface area contributed by atoms with Crippen molar-refractivity contribution in [2.24, 2.45) is 0 Å². The molecule has 0 radical (unpaired) electrons. The van der Waals surface area contributed by atoms with Crippen molar-refractivity contribution in [1.29, 1.82) is 0 Å². The van der Waals surface area contributed by atoms with Crippen LogP contribution >= 0.6 is 0 Å². The quantitative estimate of drug-likeness (QED) is 0.159. The van der Waals surface area contributed by atoms with Gasteiger partial charge in [-0.25, -0.2) is 9.97 Å². The number of benzene rings is 7. The number of para-hydroxylation sites is 1. The Morgan fingerprint density at radius 1 is 0.328 bits per heavy atom. The molecule has 0 bridgehead atoms. The molecule has 12 rings (SSSR count). The van der Waals surface area contributed by atoms with Gasteiger partial charge in [0, 0.05) is 39.6 Å². The summed E-state index contributed by atoms with van der Waals surface area (Å²) in [5.74, 6) is 0.566. The van der Waals surface area contributed by atoms with Gasteiger partial charge in [-0.2, -0.15) is 0 Å². The molecular formula is C52H32N6. The predicted molar refractivity (Wildman–Crippen MR) is 237 cm³/mol. The van der Waals surface area contributed by atoms with Crippen LogP contribution in [-0.2, 0) is 0 Å². The predicted octanol–water partition coefficient (Wildman–Crippen LogP) is 12.7. The second kappa shape index (κ2) is 12.8. The van der Waals surface area contributed by atoms with Crippen molar-refractivity contribution in [2.75, 3.05) is 0 Å². The van der Waals surface area contributed by atoms with Crippen LogP contribution in [0.2, 0.25) is 0 Å². The summed E-state index contributed by atoms with van der Waals surface area (Å²) in [6.07, 6.45) is 3.59. The molecule has 0 aliphatic carbocycles. The zero-order chi connectivity index (χ0) is 38.2. The van der Waals surface area contributed by atoms with Gasteiger partial charge in [0.25, 0.3) is 0 Å². The molecule has 0 aliphatic rings. The number of hydrogen-bond donors (Lipinski definition) is 0. The molecule has 0 aliphatic heterocycles. The van der Waals surface area contributed by atoms with Crippen LogP contribution in [0.15, 0.2) is 194 Å². The van der Waals surface area contributed by atoms with Gasteiger partial charge >= 0.3 is 0 Å². The first-order chi connectivity index (χ1) is 28.7. The van der Waals surface area contributed by atoms with Crippen LogP contribution in [0.4, 0.5) is 0 Å². The fourth-order valence-corrected chi connectivity index (χ4v) is 8.79. The average molecular weight is 741 g/mol. The molecule has 0 saturated heterocycles. The normalized spacial score (nSPS) is 11.8. The van der Waals surface area contributed by atoms with Gasteiger partial charge in [-0.3, -0.25) is 14.5 Å². The first-order valence-corrected chi connectivity index (χ1v) is 19.5. The summed E-state index contributed by atoms with van der Waals surface area (Å²) in [5, 5.41) is 7.30. The molecule has 6 heteroatoms. The molecule has 0 atom stereocenters. The van der Waals surface area contributed by atoms with Crippen molar-refractivity contribution in [3.8, 4) is 56.7 Å². The van der Waals surface area contributed by atoms with E-state index in [1.165, 1.54) is 43.7 Å². The van der Waals surface area contributed by atoms with Crippen LogP contribution < -0.4 is 0 Å². The van der Waals surface area contributed by atoms with E-state index < -0.39 is 0 Å². The Balaban J connectivity index is 1.07. The van der Waals surface area contributed by atoms with E-state index in [1.807, 2.05) is 42.5 Å². The molecule has 0 spiro atoms. The maximum absolute atomic E-state index is 5.15. The van der Waals surface area contributed by atoms with Crippen molar-refractivity contribution in [2.45, 2.75) is 0 Å². The highest BCUT2D eigenvalue weighted by molar-refractivity contribution is 6.25. The number of rotatable bonds is 6. The van der Waals surface area contributed by atoms with E-state index in [0.29, 0.717) is 5.95 Å². The molecule has 0 fully saturated rings. The van der Waals surface area contributed by atoms with Gasteiger partial charge in [0.15, 0.2) is 0 Å². The molecule has 5 aromatic heterocycles. The molecule has 0 amide bonds. The monoisotopic (exact) mass is 740 g/mol. The van der Waals surface area contributed by atoms with E-state index in [4.69, 9.17) is 9.97 Å². The minimum Gasteiger partial charge on any atom is -0.309 e. The average Bonchev–Trinajstić information content (AvgIpc) is 3.82. The molecule has 0 saturated carbocycles. The topological polar surface area (TPSA) is 61.4 Å². The third kappa shape index (κ3) is 5.05. The van der Waals surface area contributed by atoms with Crippen molar-refractivity contribution in [3.05, 3.63) is 194 Å².